The molecule has 2 aromatic rings. The predicted octanol–water partition coefficient (Wildman–Crippen LogP) is 3.07. The predicted molar refractivity (Wildman–Crippen MR) is 84.2 cm³/mol. The summed E-state index contributed by atoms with van der Waals surface area (Å²) < 4.78 is 10.7. The van der Waals surface area contributed by atoms with Crippen molar-refractivity contribution in [3.05, 3.63) is 29.6 Å². The number of aryl methyl sites for hydroxylation is 1. The van der Waals surface area contributed by atoms with Gasteiger partial charge in [-0.05, 0) is 19.1 Å². The summed E-state index contributed by atoms with van der Waals surface area (Å²) in [6, 6.07) is 5.73. The van der Waals surface area contributed by atoms with Gasteiger partial charge in [0.05, 0.1) is 19.9 Å². The molecule has 0 fully saturated rings. The summed E-state index contributed by atoms with van der Waals surface area (Å²) in [4.78, 5) is 9.16. The average molecular weight is 287 g/mol. The van der Waals surface area contributed by atoms with E-state index in [1.54, 1.807) is 14.2 Å². The molecule has 0 amide bonds. The minimum absolute atomic E-state index is 0.736. The molecule has 0 atom stereocenters. The third-order valence-corrected chi connectivity index (χ3v) is 3.41. The molecule has 0 aliphatic rings. The van der Waals surface area contributed by atoms with Crippen molar-refractivity contribution in [1.29, 1.82) is 0 Å². The highest BCUT2D eigenvalue weighted by Gasteiger charge is 2.15. The van der Waals surface area contributed by atoms with Gasteiger partial charge in [-0.15, -0.1) is 0 Å². The zero-order chi connectivity index (χ0) is 15.4. The first-order valence-corrected chi connectivity index (χ1v) is 6.92. The molecule has 1 heterocycles. The van der Waals surface area contributed by atoms with Crippen molar-refractivity contribution in [1.82, 2.24) is 9.97 Å². The summed E-state index contributed by atoms with van der Waals surface area (Å²) in [6.45, 7) is 4.05. The number of aromatic nitrogens is 2. The van der Waals surface area contributed by atoms with Crippen LogP contribution in [0.15, 0.2) is 18.2 Å². The van der Waals surface area contributed by atoms with Crippen LogP contribution in [0.25, 0.3) is 11.3 Å². The Kier molecular flexibility index (Phi) is 4.62. The van der Waals surface area contributed by atoms with Crippen LogP contribution in [0.4, 0.5) is 5.82 Å². The van der Waals surface area contributed by atoms with Gasteiger partial charge in [0.1, 0.15) is 23.1 Å². The van der Waals surface area contributed by atoms with Crippen LogP contribution < -0.4 is 14.8 Å². The van der Waals surface area contributed by atoms with Crippen molar-refractivity contribution in [2.45, 2.75) is 20.3 Å². The third-order valence-electron chi connectivity index (χ3n) is 3.41. The normalized spacial score (nSPS) is 10.3. The van der Waals surface area contributed by atoms with Gasteiger partial charge in [0.2, 0.25) is 0 Å². The maximum Gasteiger partial charge on any atom is 0.133 e. The largest absolute Gasteiger partial charge is 0.497 e. The molecule has 0 radical (unpaired) electrons. The smallest absolute Gasteiger partial charge is 0.133 e. The second kappa shape index (κ2) is 6.43. The quantitative estimate of drug-likeness (QED) is 0.916. The van der Waals surface area contributed by atoms with Crippen molar-refractivity contribution in [3.63, 3.8) is 0 Å². The van der Waals surface area contributed by atoms with Gasteiger partial charge in [0.25, 0.3) is 0 Å². The third kappa shape index (κ3) is 2.91. The van der Waals surface area contributed by atoms with Crippen molar-refractivity contribution in [2.75, 3.05) is 26.6 Å². The van der Waals surface area contributed by atoms with Crippen molar-refractivity contribution >= 4 is 5.82 Å². The van der Waals surface area contributed by atoms with Gasteiger partial charge in [-0.25, -0.2) is 9.97 Å². The molecule has 0 aliphatic carbocycles. The van der Waals surface area contributed by atoms with E-state index >= 15 is 0 Å². The molecule has 0 spiro atoms. The molecule has 0 unspecified atom stereocenters. The van der Waals surface area contributed by atoms with Crippen molar-refractivity contribution in [3.8, 4) is 22.8 Å². The van der Waals surface area contributed by atoms with E-state index in [0.717, 1.165) is 46.4 Å². The standard InChI is InChI=1S/C16H21N3O2/c1-6-14-18-15(10(2)16(17-3)19-14)12-8-7-11(20-4)9-13(12)21-5/h7-9H,6H2,1-5H3,(H,17,18,19). The lowest BCUT2D eigenvalue weighted by Gasteiger charge is -2.15. The Bertz CT molecular complexity index is 642. The summed E-state index contributed by atoms with van der Waals surface area (Å²) in [7, 11) is 5.15. The first-order chi connectivity index (χ1) is 10.1. The number of rotatable bonds is 5. The minimum atomic E-state index is 0.736. The molecule has 1 aromatic heterocycles. The number of nitrogens with zero attached hydrogens (tertiary/aromatic N) is 2. The lowest BCUT2D eigenvalue weighted by molar-refractivity contribution is 0.395. The minimum Gasteiger partial charge on any atom is -0.497 e. The van der Waals surface area contributed by atoms with E-state index in [-0.39, 0.29) is 0 Å². The Morgan fingerprint density at radius 1 is 1.14 bits per heavy atom. The maximum absolute atomic E-state index is 5.48. The second-order valence-electron chi connectivity index (χ2n) is 4.63. The molecule has 5 heteroatoms. The SMILES string of the molecule is CCc1nc(NC)c(C)c(-c2ccc(OC)cc2OC)n1. The van der Waals surface area contributed by atoms with Gasteiger partial charge in [0, 0.05) is 30.7 Å². The highest BCUT2D eigenvalue weighted by atomic mass is 16.5. The monoisotopic (exact) mass is 287 g/mol. The van der Waals surface area contributed by atoms with Gasteiger partial charge in [-0.3, -0.25) is 0 Å². The summed E-state index contributed by atoms with van der Waals surface area (Å²) >= 11 is 0. The van der Waals surface area contributed by atoms with E-state index in [4.69, 9.17) is 9.47 Å². The summed E-state index contributed by atoms with van der Waals surface area (Å²) in [6.07, 6.45) is 0.778. The van der Waals surface area contributed by atoms with Gasteiger partial charge in [-0.1, -0.05) is 6.92 Å². The molecule has 112 valence electrons. The van der Waals surface area contributed by atoms with Crippen LogP contribution in [0.2, 0.25) is 0 Å². The molecule has 5 nitrogen and oxygen atoms in total. The van der Waals surface area contributed by atoms with Crippen LogP contribution in [-0.4, -0.2) is 31.2 Å². The first kappa shape index (κ1) is 15.1. The number of nitrogens with one attached hydrogen (secondary N) is 1. The molecular formula is C16H21N3O2. The summed E-state index contributed by atoms with van der Waals surface area (Å²) in [5.41, 5.74) is 2.81. The molecule has 1 N–H and O–H groups in total. The number of methoxy groups -OCH3 is 2. The van der Waals surface area contributed by atoms with E-state index in [0.29, 0.717) is 0 Å². The van der Waals surface area contributed by atoms with E-state index in [1.165, 1.54) is 0 Å². The topological polar surface area (TPSA) is 56.3 Å². The van der Waals surface area contributed by atoms with Crippen molar-refractivity contribution in [2.24, 2.45) is 0 Å². The highest BCUT2D eigenvalue weighted by Crippen LogP contribution is 2.35. The zero-order valence-corrected chi connectivity index (χ0v) is 13.2. The van der Waals surface area contributed by atoms with Crippen LogP contribution >= 0.6 is 0 Å². The van der Waals surface area contributed by atoms with E-state index in [9.17, 15) is 0 Å². The number of hydrogen-bond donors (Lipinski definition) is 1. The van der Waals surface area contributed by atoms with Crippen LogP contribution in [-0.2, 0) is 6.42 Å². The Morgan fingerprint density at radius 3 is 2.48 bits per heavy atom. The van der Waals surface area contributed by atoms with E-state index < -0.39 is 0 Å². The van der Waals surface area contributed by atoms with E-state index in [1.807, 2.05) is 39.1 Å². The lowest BCUT2D eigenvalue weighted by atomic mass is 10.1. The van der Waals surface area contributed by atoms with Gasteiger partial charge in [-0.2, -0.15) is 0 Å². The number of ether oxygens (including phenoxy) is 2. The fourth-order valence-corrected chi connectivity index (χ4v) is 2.22. The van der Waals surface area contributed by atoms with E-state index in [2.05, 4.69) is 15.3 Å². The maximum atomic E-state index is 5.48. The van der Waals surface area contributed by atoms with Crippen molar-refractivity contribution < 1.29 is 9.47 Å². The Morgan fingerprint density at radius 2 is 1.90 bits per heavy atom. The van der Waals surface area contributed by atoms with Gasteiger partial charge in [0.15, 0.2) is 0 Å². The van der Waals surface area contributed by atoms with Crippen LogP contribution in [0.5, 0.6) is 11.5 Å². The molecular weight excluding hydrogens is 266 g/mol. The molecule has 0 saturated heterocycles. The first-order valence-electron chi connectivity index (χ1n) is 6.92. The average Bonchev–Trinajstić information content (AvgIpc) is 2.54. The molecule has 2 rings (SSSR count). The molecule has 21 heavy (non-hydrogen) atoms. The highest BCUT2D eigenvalue weighted by molar-refractivity contribution is 5.74. The molecule has 0 aliphatic heterocycles. The van der Waals surface area contributed by atoms with Crippen LogP contribution in [0.3, 0.4) is 0 Å². The number of benzene rings is 1. The van der Waals surface area contributed by atoms with Crippen LogP contribution in [0, 0.1) is 6.92 Å². The lowest BCUT2D eigenvalue weighted by Crippen LogP contribution is -2.05. The Hall–Kier alpha value is -2.30. The molecule has 0 saturated carbocycles. The zero-order valence-electron chi connectivity index (χ0n) is 13.2. The fraction of sp³-hybridized carbons (Fsp3) is 0.375. The van der Waals surface area contributed by atoms with Crippen LogP contribution in [0.1, 0.15) is 18.3 Å². The molecule has 1 aromatic carbocycles. The number of hydrogen-bond acceptors (Lipinski definition) is 5. The Labute approximate surface area is 125 Å². The van der Waals surface area contributed by atoms with Gasteiger partial charge >= 0.3 is 0 Å². The number of anilines is 1. The second-order valence-corrected chi connectivity index (χ2v) is 4.63. The van der Waals surface area contributed by atoms with Gasteiger partial charge < -0.3 is 14.8 Å². The fourth-order valence-electron chi connectivity index (χ4n) is 2.22. The molecule has 0 bridgehead atoms. The Balaban J connectivity index is 2.65. The summed E-state index contributed by atoms with van der Waals surface area (Å²) in [5, 5.41) is 3.12. The summed E-state index contributed by atoms with van der Waals surface area (Å²) in [5.74, 6) is 3.14.